The highest BCUT2D eigenvalue weighted by Crippen LogP contribution is 2.19. The van der Waals surface area contributed by atoms with Gasteiger partial charge < -0.3 is 5.32 Å². The van der Waals surface area contributed by atoms with Gasteiger partial charge in [0.05, 0.1) is 0 Å². The van der Waals surface area contributed by atoms with Gasteiger partial charge in [0.1, 0.15) is 10.7 Å². The Balaban J connectivity index is 0.00000180. The van der Waals surface area contributed by atoms with Crippen LogP contribution >= 0.6 is 24.0 Å². The van der Waals surface area contributed by atoms with Gasteiger partial charge in [0.15, 0.2) is 0 Å². The molecular formula is C11H15Cl2FN2O2S. The third kappa shape index (κ3) is 4.29. The van der Waals surface area contributed by atoms with Crippen molar-refractivity contribution in [1.29, 1.82) is 0 Å². The lowest BCUT2D eigenvalue weighted by Gasteiger charge is -2.23. The molecule has 1 aromatic rings. The molecule has 2 N–H and O–H groups in total. The van der Waals surface area contributed by atoms with Crippen LogP contribution in [0.2, 0.25) is 5.02 Å². The zero-order valence-corrected chi connectivity index (χ0v) is 12.4. The van der Waals surface area contributed by atoms with Crippen molar-refractivity contribution in [3.63, 3.8) is 0 Å². The summed E-state index contributed by atoms with van der Waals surface area (Å²) in [5.41, 5.74) is 0. The normalized spacial score (nSPS) is 16.9. The largest absolute Gasteiger partial charge is 0.317 e. The number of halogens is 3. The summed E-state index contributed by atoms with van der Waals surface area (Å²) in [5.74, 6) is -0.830. The number of hydrogen-bond donors (Lipinski definition) is 2. The fourth-order valence-electron chi connectivity index (χ4n) is 1.92. The second-order valence-corrected chi connectivity index (χ2v) is 6.34. The average Bonchev–Trinajstić information content (AvgIpc) is 2.29. The van der Waals surface area contributed by atoms with Crippen molar-refractivity contribution in [2.75, 3.05) is 13.1 Å². The van der Waals surface area contributed by atoms with Crippen molar-refractivity contribution in [3.8, 4) is 0 Å². The molecule has 0 spiro atoms. The number of sulfonamides is 1. The Bertz CT molecular complexity index is 533. The summed E-state index contributed by atoms with van der Waals surface area (Å²) in [6, 6.07) is 3.40. The van der Waals surface area contributed by atoms with Crippen molar-refractivity contribution in [3.05, 3.63) is 29.0 Å². The van der Waals surface area contributed by atoms with E-state index in [9.17, 15) is 12.8 Å². The number of hydrogen-bond acceptors (Lipinski definition) is 3. The van der Waals surface area contributed by atoms with Crippen LogP contribution in [-0.4, -0.2) is 27.5 Å². The molecule has 1 aliphatic rings. The fraction of sp³-hybridized carbons (Fsp3) is 0.455. The molecule has 0 aromatic heterocycles. The Morgan fingerprint density at radius 1 is 1.32 bits per heavy atom. The molecule has 1 aromatic carbocycles. The molecular weight excluding hydrogens is 314 g/mol. The van der Waals surface area contributed by atoms with Crippen LogP contribution < -0.4 is 10.0 Å². The highest BCUT2D eigenvalue weighted by atomic mass is 35.5. The van der Waals surface area contributed by atoms with E-state index in [2.05, 4.69) is 10.0 Å². The molecule has 0 bridgehead atoms. The topological polar surface area (TPSA) is 58.2 Å². The maximum absolute atomic E-state index is 13.6. The second kappa shape index (κ2) is 6.85. The van der Waals surface area contributed by atoms with Crippen molar-refractivity contribution < 1.29 is 12.8 Å². The van der Waals surface area contributed by atoms with Crippen molar-refractivity contribution >= 4 is 34.0 Å². The molecule has 108 valence electrons. The summed E-state index contributed by atoms with van der Waals surface area (Å²) in [4.78, 5) is -0.356. The molecule has 4 nitrogen and oxygen atoms in total. The van der Waals surface area contributed by atoms with Gasteiger partial charge in [-0.2, -0.15) is 0 Å². The van der Waals surface area contributed by atoms with Gasteiger partial charge in [-0.25, -0.2) is 17.5 Å². The number of rotatable bonds is 3. The molecule has 1 aliphatic heterocycles. The van der Waals surface area contributed by atoms with Gasteiger partial charge in [-0.3, -0.25) is 0 Å². The number of nitrogens with one attached hydrogen (secondary N) is 2. The lowest BCUT2D eigenvalue weighted by molar-refractivity contribution is 0.426. The van der Waals surface area contributed by atoms with Crippen LogP contribution in [0.25, 0.3) is 0 Å². The van der Waals surface area contributed by atoms with E-state index in [-0.39, 0.29) is 28.4 Å². The Morgan fingerprint density at radius 3 is 2.53 bits per heavy atom. The van der Waals surface area contributed by atoms with Gasteiger partial charge >= 0.3 is 0 Å². The first-order valence-electron chi connectivity index (χ1n) is 5.67. The van der Waals surface area contributed by atoms with Crippen LogP contribution in [0, 0.1) is 5.82 Å². The highest BCUT2D eigenvalue weighted by Gasteiger charge is 2.24. The third-order valence-corrected chi connectivity index (χ3v) is 4.63. The van der Waals surface area contributed by atoms with Gasteiger partial charge in [0.25, 0.3) is 0 Å². The van der Waals surface area contributed by atoms with Gasteiger partial charge in [-0.05, 0) is 44.1 Å². The van der Waals surface area contributed by atoms with E-state index < -0.39 is 15.8 Å². The van der Waals surface area contributed by atoms with Crippen molar-refractivity contribution in [2.24, 2.45) is 0 Å². The van der Waals surface area contributed by atoms with Gasteiger partial charge in [-0.15, -0.1) is 12.4 Å². The predicted molar refractivity (Wildman–Crippen MR) is 74.9 cm³/mol. The van der Waals surface area contributed by atoms with Crippen molar-refractivity contribution in [2.45, 2.75) is 23.8 Å². The van der Waals surface area contributed by atoms with Crippen molar-refractivity contribution in [1.82, 2.24) is 10.0 Å². The Kier molecular flexibility index (Phi) is 6.01. The zero-order valence-electron chi connectivity index (χ0n) is 10.0. The summed E-state index contributed by atoms with van der Waals surface area (Å²) in [7, 11) is -3.82. The van der Waals surface area contributed by atoms with Crippen LogP contribution in [0.1, 0.15) is 12.8 Å². The van der Waals surface area contributed by atoms with E-state index in [0.29, 0.717) is 12.8 Å². The minimum Gasteiger partial charge on any atom is -0.317 e. The monoisotopic (exact) mass is 328 g/mol. The van der Waals surface area contributed by atoms with Crippen LogP contribution in [0.4, 0.5) is 4.39 Å². The van der Waals surface area contributed by atoms with Crippen LogP contribution in [0.3, 0.4) is 0 Å². The van der Waals surface area contributed by atoms with Crippen LogP contribution in [0.5, 0.6) is 0 Å². The number of piperidine rings is 1. The zero-order chi connectivity index (χ0) is 13.2. The predicted octanol–water partition coefficient (Wildman–Crippen LogP) is 1.93. The number of benzene rings is 1. The van der Waals surface area contributed by atoms with Gasteiger partial charge in [0, 0.05) is 11.1 Å². The molecule has 19 heavy (non-hydrogen) atoms. The lowest BCUT2D eigenvalue weighted by atomic mass is 10.1. The van der Waals surface area contributed by atoms with Crippen LogP contribution in [-0.2, 0) is 10.0 Å². The smallest absolute Gasteiger partial charge is 0.243 e. The maximum atomic E-state index is 13.6. The van der Waals surface area contributed by atoms with E-state index in [1.807, 2.05) is 0 Å². The lowest BCUT2D eigenvalue weighted by Crippen LogP contribution is -2.42. The first-order valence-corrected chi connectivity index (χ1v) is 7.53. The minimum absolute atomic E-state index is 0. The van der Waals surface area contributed by atoms with E-state index in [0.717, 1.165) is 19.2 Å². The molecule has 0 atom stereocenters. The SMILES string of the molecule is Cl.O=S(=O)(NC1CCNCC1)c1ccc(Cl)cc1F. The van der Waals surface area contributed by atoms with E-state index in [4.69, 9.17) is 11.6 Å². The molecule has 0 aliphatic carbocycles. The Morgan fingerprint density at radius 2 is 1.95 bits per heavy atom. The summed E-state index contributed by atoms with van der Waals surface area (Å²) in [6.07, 6.45) is 1.41. The van der Waals surface area contributed by atoms with E-state index in [1.54, 1.807) is 0 Å². The van der Waals surface area contributed by atoms with E-state index >= 15 is 0 Å². The van der Waals surface area contributed by atoms with Gasteiger partial charge in [0.2, 0.25) is 10.0 Å². The van der Waals surface area contributed by atoms with Crippen LogP contribution in [0.15, 0.2) is 23.1 Å². The Hall–Kier alpha value is -0.400. The molecule has 1 heterocycles. The quantitative estimate of drug-likeness (QED) is 0.891. The molecule has 0 amide bonds. The average molecular weight is 329 g/mol. The standard InChI is InChI=1S/C11H14ClFN2O2S.ClH/c12-8-1-2-11(10(13)7-8)18(16,17)15-9-3-5-14-6-4-9;/h1-2,7,9,14-15H,3-6H2;1H. The molecule has 0 unspecified atom stereocenters. The summed E-state index contributed by atoms with van der Waals surface area (Å²) in [5, 5.41) is 3.31. The molecule has 1 fully saturated rings. The molecule has 8 heteroatoms. The molecule has 0 radical (unpaired) electrons. The summed E-state index contributed by atoms with van der Waals surface area (Å²) >= 11 is 5.60. The Labute approximate surface area is 123 Å². The third-order valence-electron chi connectivity index (χ3n) is 2.84. The summed E-state index contributed by atoms with van der Waals surface area (Å²) < 4.78 is 40.1. The van der Waals surface area contributed by atoms with E-state index in [1.165, 1.54) is 12.1 Å². The first kappa shape index (κ1) is 16.7. The second-order valence-electron chi connectivity index (χ2n) is 4.22. The molecule has 0 saturated carbocycles. The molecule has 2 rings (SSSR count). The fourth-order valence-corrected chi connectivity index (χ4v) is 3.44. The maximum Gasteiger partial charge on any atom is 0.243 e. The minimum atomic E-state index is -3.82. The highest BCUT2D eigenvalue weighted by molar-refractivity contribution is 7.89. The van der Waals surface area contributed by atoms with Gasteiger partial charge in [-0.1, -0.05) is 11.6 Å². The molecule has 1 saturated heterocycles. The summed E-state index contributed by atoms with van der Waals surface area (Å²) in [6.45, 7) is 1.52. The first-order chi connectivity index (χ1) is 8.49.